The van der Waals surface area contributed by atoms with Gasteiger partial charge < -0.3 is 21.1 Å². The first-order valence-electron chi connectivity index (χ1n) is 5.49. The van der Waals surface area contributed by atoms with Gasteiger partial charge in [-0.2, -0.15) is 0 Å². The van der Waals surface area contributed by atoms with Crippen LogP contribution in [0.25, 0.3) is 0 Å². The van der Waals surface area contributed by atoms with Gasteiger partial charge in [-0.25, -0.2) is 0 Å². The van der Waals surface area contributed by atoms with Crippen LogP contribution in [0.15, 0.2) is 18.2 Å². The van der Waals surface area contributed by atoms with Gasteiger partial charge in [0.1, 0.15) is 0 Å². The van der Waals surface area contributed by atoms with Crippen molar-refractivity contribution in [2.24, 2.45) is 0 Å². The van der Waals surface area contributed by atoms with E-state index in [0.29, 0.717) is 13.2 Å². The van der Waals surface area contributed by atoms with Crippen molar-refractivity contribution in [1.82, 2.24) is 5.32 Å². The van der Waals surface area contributed by atoms with Crippen molar-refractivity contribution in [1.29, 1.82) is 0 Å². The summed E-state index contributed by atoms with van der Waals surface area (Å²) in [5.41, 5.74) is 8.32. The molecule has 17 heavy (non-hydrogen) atoms. The van der Waals surface area contributed by atoms with E-state index < -0.39 is 0 Å². The third-order valence-corrected chi connectivity index (χ3v) is 2.44. The number of methoxy groups -OCH3 is 1. The molecule has 5 heteroatoms. The Kier molecular flexibility index (Phi) is 5.29. The molecule has 4 N–H and O–H groups in total. The van der Waals surface area contributed by atoms with Gasteiger partial charge in [-0.1, -0.05) is 6.07 Å². The van der Waals surface area contributed by atoms with Gasteiger partial charge >= 0.3 is 0 Å². The molecule has 1 rings (SSSR count). The summed E-state index contributed by atoms with van der Waals surface area (Å²) in [6.07, 6.45) is 0. The molecule has 0 radical (unpaired) electrons. The number of amides is 1. The van der Waals surface area contributed by atoms with E-state index in [2.05, 4.69) is 10.6 Å². The molecular formula is C12H19N3O2. The second-order valence-corrected chi connectivity index (χ2v) is 3.72. The highest BCUT2D eigenvalue weighted by Crippen LogP contribution is 2.19. The number of benzene rings is 1. The standard InChI is InChI=1S/C12H19N3O2/c1-9-10(13)4-3-5-11(9)15-8-12(16)14-6-7-17-2/h3-5,15H,6-8,13H2,1-2H3,(H,14,16). The van der Waals surface area contributed by atoms with Crippen molar-refractivity contribution >= 4 is 17.3 Å². The number of ether oxygens (including phenoxy) is 1. The van der Waals surface area contributed by atoms with Gasteiger partial charge in [-0.05, 0) is 24.6 Å². The number of carbonyl (C=O) groups excluding carboxylic acids is 1. The molecule has 0 spiro atoms. The Balaban J connectivity index is 2.39. The molecule has 0 saturated heterocycles. The van der Waals surface area contributed by atoms with Crippen molar-refractivity contribution in [3.8, 4) is 0 Å². The van der Waals surface area contributed by atoms with E-state index >= 15 is 0 Å². The van der Waals surface area contributed by atoms with Gasteiger partial charge in [0.2, 0.25) is 5.91 Å². The summed E-state index contributed by atoms with van der Waals surface area (Å²) in [6, 6.07) is 5.58. The summed E-state index contributed by atoms with van der Waals surface area (Å²) in [4.78, 5) is 11.4. The monoisotopic (exact) mass is 237 g/mol. The van der Waals surface area contributed by atoms with Gasteiger partial charge in [0.05, 0.1) is 13.2 Å². The van der Waals surface area contributed by atoms with Crippen LogP contribution in [-0.2, 0) is 9.53 Å². The molecule has 0 bridgehead atoms. The zero-order valence-corrected chi connectivity index (χ0v) is 10.2. The summed E-state index contributed by atoms with van der Waals surface area (Å²) >= 11 is 0. The van der Waals surface area contributed by atoms with Crippen molar-refractivity contribution in [3.05, 3.63) is 23.8 Å². The molecule has 94 valence electrons. The second kappa shape index (κ2) is 6.75. The first-order chi connectivity index (χ1) is 8.15. The molecular weight excluding hydrogens is 218 g/mol. The smallest absolute Gasteiger partial charge is 0.239 e. The zero-order chi connectivity index (χ0) is 12.7. The fourth-order valence-electron chi connectivity index (χ4n) is 1.38. The average Bonchev–Trinajstić information content (AvgIpc) is 2.31. The summed E-state index contributed by atoms with van der Waals surface area (Å²) < 4.78 is 4.84. The molecule has 0 unspecified atom stereocenters. The van der Waals surface area contributed by atoms with Crippen LogP contribution in [0.3, 0.4) is 0 Å². The SMILES string of the molecule is COCCNC(=O)CNc1cccc(N)c1C. The van der Waals surface area contributed by atoms with Gasteiger partial charge in [0, 0.05) is 25.0 Å². The molecule has 0 aliphatic rings. The van der Waals surface area contributed by atoms with Crippen LogP contribution in [0.2, 0.25) is 0 Å². The summed E-state index contributed by atoms with van der Waals surface area (Å²) in [5.74, 6) is -0.0659. The third kappa shape index (κ3) is 4.32. The van der Waals surface area contributed by atoms with E-state index in [-0.39, 0.29) is 12.5 Å². The maximum absolute atomic E-state index is 11.4. The minimum absolute atomic E-state index is 0.0659. The largest absolute Gasteiger partial charge is 0.398 e. The number of nitrogens with one attached hydrogen (secondary N) is 2. The lowest BCUT2D eigenvalue weighted by atomic mass is 10.1. The minimum Gasteiger partial charge on any atom is -0.398 e. The molecule has 1 aromatic rings. The topological polar surface area (TPSA) is 76.4 Å². The molecule has 1 aromatic carbocycles. The molecule has 1 amide bonds. The molecule has 0 atom stereocenters. The van der Waals surface area contributed by atoms with Crippen molar-refractivity contribution < 1.29 is 9.53 Å². The van der Waals surface area contributed by atoms with Gasteiger partial charge in [0.15, 0.2) is 0 Å². The van der Waals surface area contributed by atoms with Crippen molar-refractivity contribution in [2.75, 3.05) is 37.9 Å². The average molecular weight is 237 g/mol. The Morgan fingerprint density at radius 1 is 1.47 bits per heavy atom. The predicted octanol–water partition coefficient (Wildman–Crippen LogP) is 0.752. The summed E-state index contributed by atoms with van der Waals surface area (Å²) in [5, 5.41) is 5.78. The highest BCUT2D eigenvalue weighted by molar-refractivity contribution is 5.81. The number of nitrogens with two attached hydrogens (primary N) is 1. The minimum atomic E-state index is -0.0659. The van der Waals surface area contributed by atoms with Crippen LogP contribution in [0.5, 0.6) is 0 Å². The highest BCUT2D eigenvalue weighted by atomic mass is 16.5. The molecule has 0 fully saturated rings. The second-order valence-electron chi connectivity index (χ2n) is 3.72. The van der Waals surface area contributed by atoms with Crippen LogP contribution in [-0.4, -0.2) is 32.7 Å². The Morgan fingerprint density at radius 3 is 2.94 bits per heavy atom. The highest BCUT2D eigenvalue weighted by Gasteiger charge is 2.03. The van der Waals surface area contributed by atoms with E-state index in [1.165, 1.54) is 0 Å². The maximum atomic E-state index is 11.4. The Hall–Kier alpha value is -1.75. The van der Waals surface area contributed by atoms with Crippen molar-refractivity contribution in [3.63, 3.8) is 0 Å². The van der Waals surface area contributed by atoms with Crippen LogP contribution < -0.4 is 16.4 Å². The van der Waals surface area contributed by atoms with Crippen LogP contribution >= 0.6 is 0 Å². The van der Waals surface area contributed by atoms with E-state index in [9.17, 15) is 4.79 Å². The number of hydrogen-bond donors (Lipinski definition) is 3. The predicted molar refractivity (Wildman–Crippen MR) is 69.0 cm³/mol. The number of carbonyl (C=O) groups is 1. The number of anilines is 2. The third-order valence-electron chi connectivity index (χ3n) is 2.44. The lowest BCUT2D eigenvalue weighted by molar-refractivity contribution is -0.119. The van der Waals surface area contributed by atoms with Crippen LogP contribution in [0, 0.1) is 6.92 Å². The Bertz CT molecular complexity index is 380. The molecule has 0 heterocycles. The van der Waals surface area contributed by atoms with Gasteiger partial charge in [-0.15, -0.1) is 0 Å². The van der Waals surface area contributed by atoms with Crippen LogP contribution in [0.4, 0.5) is 11.4 Å². The quantitative estimate of drug-likeness (QED) is 0.504. The number of rotatable bonds is 6. The number of nitrogen functional groups attached to an aromatic ring is 1. The van der Waals surface area contributed by atoms with E-state index in [0.717, 1.165) is 16.9 Å². The molecule has 0 aliphatic carbocycles. The van der Waals surface area contributed by atoms with Gasteiger partial charge in [-0.3, -0.25) is 4.79 Å². The van der Waals surface area contributed by atoms with E-state index in [4.69, 9.17) is 10.5 Å². The maximum Gasteiger partial charge on any atom is 0.239 e. The fourth-order valence-corrected chi connectivity index (χ4v) is 1.38. The first kappa shape index (κ1) is 13.3. The fraction of sp³-hybridized carbons (Fsp3) is 0.417. The lowest BCUT2D eigenvalue weighted by Gasteiger charge is -2.11. The summed E-state index contributed by atoms with van der Waals surface area (Å²) in [7, 11) is 1.60. The van der Waals surface area contributed by atoms with E-state index in [1.54, 1.807) is 7.11 Å². The number of hydrogen-bond acceptors (Lipinski definition) is 4. The van der Waals surface area contributed by atoms with Crippen molar-refractivity contribution in [2.45, 2.75) is 6.92 Å². The zero-order valence-electron chi connectivity index (χ0n) is 10.2. The first-order valence-corrected chi connectivity index (χ1v) is 5.49. The Labute approximate surface area is 101 Å². The Morgan fingerprint density at radius 2 is 2.24 bits per heavy atom. The van der Waals surface area contributed by atoms with E-state index in [1.807, 2.05) is 25.1 Å². The summed E-state index contributed by atoms with van der Waals surface area (Å²) in [6.45, 7) is 3.18. The molecule has 5 nitrogen and oxygen atoms in total. The molecule has 0 aromatic heterocycles. The molecule has 0 aliphatic heterocycles. The lowest BCUT2D eigenvalue weighted by Crippen LogP contribution is -2.32. The van der Waals surface area contributed by atoms with Crippen LogP contribution in [0.1, 0.15) is 5.56 Å². The van der Waals surface area contributed by atoms with Gasteiger partial charge in [0.25, 0.3) is 0 Å². The normalized spacial score (nSPS) is 10.0. The molecule has 0 saturated carbocycles.